The first-order valence-corrected chi connectivity index (χ1v) is 5.94. The molecule has 0 heterocycles. The first-order chi connectivity index (χ1) is 8.90. The molecule has 0 aliphatic rings. The number of hydrogen-bond donors (Lipinski definition) is 1. The van der Waals surface area contributed by atoms with E-state index in [9.17, 15) is 18.0 Å². The Morgan fingerprint density at radius 2 is 1.95 bits per heavy atom. The monoisotopic (exact) mass is 275 g/mol. The average molecular weight is 275 g/mol. The molecule has 1 rings (SSSR count). The van der Waals surface area contributed by atoms with Crippen molar-refractivity contribution < 1.29 is 22.7 Å². The number of alkyl carbamates (subject to hydrolysis) is 1. The van der Waals surface area contributed by atoms with Gasteiger partial charge >= 0.3 is 12.3 Å². The zero-order valence-electron chi connectivity index (χ0n) is 10.5. The van der Waals surface area contributed by atoms with Crippen LogP contribution in [0.3, 0.4) is 0 Å². The maximum absolute atomic E-state index is 12.2. The molecule has 6 heteroatoms. The van der Waals surface area contributed by atoms with Crippen molar-refractivity contribution in [1.82, 2.24) is 5.32 Å². The third-order valence-electron chi connectivity index (χ3n) is 2.51. The maximum atomic E-state index is 12.2. The highest BCUT2D eigenvalue weighted by Crippen LogP contribution is 2.22. The van der Waals surface area contributed by atoms with E-state index in [1.165, 1.54) is 0 Å². The zero-order valence-corrected chi connectivity index (χ0v) is 10.5. The minimum absolute atomic E-state index is 0.0368. The van der Waals surface area contributed by atoms with Crippen LogP contribution >= 0.6 is 0 Å². The van der Waals surface area contributed by atoms with Crippen LogP contribution in [0.25, 0.3) is 0 Å². The number of rotatable bonds is 5. The topological polar surface area (TPSA) is 38.3 Å². The summed E-state index contributed by atoms with van der Waals surface area (Å²) in [4.78, 5) is 11.4. The van der Waals surface area contributed by atoms with E-state index < -0.39 is 24.7 Å². The molecule has 0 unspecified atom stereocenters. The van der Waals surface area contributed by atoms with E-state index in [1.54, 1.807) is 31.2 Å². The summed E-state index contributed by atoms with van der Waals surface area (Å²) in [6.45, 7) is 1.61. The van der Waals surface area contributed by atoms with Crippen molar-refractivity contribution >= 4 is 6.09 Å². The number of carbonyl (C=O) groups is 1. The highest BCUT2D eigenvalue weighted by atomic mass is 19.4. The second kappa shape index (κ2) is 7.01. The number of ether oxygens (including phenoxy) is 1. The van der Waals surface area contributed by atoms with Crippen LogP contribution < -0.4 is 5.32 Å². The Labute approximate surface area is 109 Å². The SMILES string of the molecule is CC[C@@H](CC(F)(F)F)NC(=O)OCc1ccccc1. The predicted octanol–water partition coefficient (Wildman–Crippen LogP) is 3.64. The Bertz CT molecular complexity index is 393. The zero-order chi connectivity index (χ0) is 14.3. The Morgan fingerprint density at radius 3 is 2.47 bits per heavy atom. The van der Waals surface area contributed by atoms with Crippen molar-refractivity contribution in [2.24, 2.45) is 0 Å². The van der Waals surface area contributed by atoms with Gasteiger partial charge in [-0.2, -0.15) is 13.2 Å². The molecule has 0 aliphatic heterocycles. The molecule has 0 saturated carbocycles. The van der Waals surface area contributed by atoms with Gasteiger partial charge in [-0.3, -0.25) is 0 Å². The van der Waals surface area contributed by atoms with Crippen molar-refractivity contribution in [2.45, 2.75) is 38.6 Å². The van der Waals surface area contributed by atoms with Crippen LogP contribution in [0.4, 0.5) is 18.0 Å². The van der Waals surface area contributed by atoms with E-state index in [-0.39, 0.29) is 13.0 Å². The van der Waals surface area contributed by atoms with Gasteiger partial charge < -0.3 is 10.1 Å². The number of nitrogens with one attached hydrogen (secondary N) is 1. The van der Waals surface area contributed by atoms with E-state index in [1.807, 2.05) is 6.07 Å². The number of amides is 1. The van der Waals surface area contributed by atoms with Gasteiger partial charge in [-0.05, 0) is 12.0 Å². The van der Waals surface area contributed by atoms with Gasteiger partial charge in [-0.1, -0.05) is 37.3 Å². The lowest BCUT2D eigenvalue weighted by Gasteiger charge is -2.18. The molecule has 1 aromatic rings. The summed E-state index contributed by atoms with van der Waals surface area (Å²) in [7, 11) is 0. The van der Waals surface area contributed by atoms with E-state index in [0.717, 1.165) is 5.56 Å². The van der Waals surface area contributed by atoms with Crippen LogP contribution in [0, 0.1) is 0 Å². The smallest absolute Gasteiger partial charge is 0.407 e. The normalized spacial score (nSPS) is 12.8. The first-order valence-electron chi connectivity index (χ1n) is 5.94. The Hall–Kier alpha value is -1.72. The number of hydrogen-bond acceptors (Lipinski definition) is 2. The fourth-order valence-electron chi connectivity index (χ4n) is 1.51. The Kier molecular flexibility index (Phi) is 5.66. The summed E-state index contributed by atoms with van der Waals surface area (Å²) in [6, 6.07) is 7.97. The third kappa shape index (κ3) is 6.69. The van der Waals surface area contributed by atoms with Gasteiger partial charge in [-0.15, -0.1) is 0 Å². The molecular weight excluding hydrogens is 259 g/mol. The molecule has 0 bridgehead atoms. The van der Waals surface area contributed by atoms with Crippen molar-refractivity contribution in [3.8, 4) is 0 Å². The number of halogens is 3. The third-order valence-corrected chi connectivity index (χ3v) is 2.51. The Morgan fingerprint density at radius 1 is 1.32 bits per heavy atom. The molecule has 19 heavy (non-hydrogen) atoms. The second-order valence-electron chi connectivity index (χ2n) is 4.13. The highest BCUT2D eigenvalue weighted by Gasteiger charge is 2.32. The lowest BCUT2D eigenvalue weighted by Crippen LogP contribution is -2.37. The van der Waals surface area contributed by atoms with Gasteiger partial charge in [-0.25, -0.2) is 4.79 Å². The summed E-state index contributed by atoms with van der Waals surface area (Å²) in [6.07, 6.45) is -5.99. The van der Waals surface area contributed by atoms with Crippen molar-refractivity contribution in [2.75, 3.05) is 0 Å². The maximum Gasteiger partial charge on any atom is 0.407 e. The van der Waals surface area contributed by atoms with Crippen LogP contribution in [0.15, 0.2) is 30.3 Å². The molecule has 0 saturated heterocycles. The van der Waals surface area contributed by atoms with Crippen LogP contribution in [-0.2, 0) is 11.3 Å². The predicted molar refractivity (Wildman–Crippen MR) is 64.5 cm³/mol. The fraction of sp³-hybridized carbons (Fsp3) is 0.462. The first kappa shape index (κ1) is 15.3. The van der Waals surface area contributed by atoms with E-state index >= 15 is 0 Å². The lowest BCUT2D eigenvalue weighted by molar-refractivity contribution is -0.139. The van der Waals surface area contributed by atoms with Gasteiger partial charge in [0, 0.05) is 6.04 Å². The molecule has 3 nitrogen and oxygen atoms in total. The van der Waals surface area contributed by atoms with E-state index in [4.69, 9.17) is 4.74 Å². The summed E-state index contributed by atoms with van der Waals surface area (Å²) in [5, 5.41) is 2.21. The second-order valence-corrected chi connectivity index (χ2v) is 4.13. The molecule has 106 valence electrons. The standard InChI is InChI=1S/C13H16F3NO2/c1-2-11(8-13(14,15)16)17-12(18)19-9-10-6-4-3-5-7-10/h3-7,11H,2,8-9H2,1H3,(H,17,18)/t11-/m0/s1. The highest BCUT2D eigenvalue weighted by molar-refractivity contribution is 5.67. The molecule has 1 amide bonds. The van der Waals surface area contributed by atoms with Crippen LogP contribution in [-0.4, -0.2) is 18.3 Å². The van der Waals surface area contributed by atoms with Gasteiger partial charge in [0.25, 0.3) is 0 Å². The molecule has 0 aliphatic carbocycles. The molecule has 0 radical (unpaired) electrons. The molecule has 0 aromatic heterocycles. The summed E-state index contributed by atoms with van der Waals surface area (Å²) in [5.41, 5.74) is 0.779. The van der Waals surface area contributed by atoms with Crippen LogP contribution in [0.5, 0.6) is 0 Å². The molecule has 0 spiro atoms. The molecular formula is C13H16F3NO2. The van der Waals surface area contributed by atoms with Crippen LogP contribution in [0.1, 0.15) is 25.3 Å². The lowest BCUT2D eigenvalue weighted by atomic mass is 10.1. The minimum Gasteiger partial charge on any atom is -0.445 e. The summed E-state index contributed by atoms with van der Waals surface area (Å²) in [5.74, 6) is 0. The van der Waals surface area contributed by atoms with Crippen molar-refractivity contribution in [1.29, 1.82) is 0 Å². The number of carbonyl (C=O) groups excluding carboxylic acids is 1. The molecule has 1 atom stereocenters. The molecule has 1 aromatic carbocycles. The van der Waals surface area contributed by atoms with Crippen LogP contribution in [0.2, 0.25) is 0 Å². The summed E-state index contributed by atoms with van der Waals surface area (Å²) >= 11 is 0. The average Bonchev–Trinajstić information content (AvgIpc) is 2.35. The number of benzene rings is 1. The fourth-order valence-corrected chi connectivity index (χ4v) is 1.51. The van der Waals surface area contributed by atoms with Gasteiger partial charge in [0.1, 0.15) is 6.61 Å². The van der Waals surface area contributed by atoms with Crippen molar-refractivity contribution in [3.05, 3.63) is 35.9 Å². The largest absolute Gasteiger partial charge is 0.445 e. The minimum atomic E-state index is -4.30. The summed E-state index contributed by atoms with van der Waals surface area (Å²) < 4.78 is 41.5. The van der Waals surface area contributed by atoms with E-state index in [0.29, 0.717) is 0 Å². The molecule has 1 N–H and O–H groups in total. The van der Waals surface area contributed by atoms with Crippen molar-refractivity contribution in [3.63, 3.8) is 0 Å². The van der Waals surface area contributed by atoms with Gasteiger partial charge in [0.15, 0.2) is 0 Å². The van der Waals surface area contributed by atoms with E-state index in [2.05, 4.69) is 5.32 Å². The Balaban J connectivity index is 2.37. The van der Waals surface area contributed by atoms with Gasteiger partial charge in [0.05, 0.1) is 6.42 Å². The quantitative estimate of drug-likeness (QED) is 0.890. The van der Waals surface area contributed by atoms with Gasteiger partial charge in [0.2, 0.25) is 0 Å². The number of alkyl halides is 3. The molecule has 0 fully saturated rings.